The number of rotatable bonds is 2. The minimum Gasteiger partial charge on any atom is -0.240 e. The maximum atomic E-state index is 4.66. The van der Waals surface area contributed by atoms with Crippen LogP contribution in [0.1, 0.15) is 24.5 Å². The summed E-state index contributed by atoms with van der Waals surface area (Å²) in [5.74, 6) is 0.767. The smallest absolute Gasteiger partial charge is 0.133 e. The van der Waals surface area contributed by atoms with Crippen molar-refractivity contribution in [3.63, 3.8) is 0 Å². The summed E-state index contributed by atoms with van der Waals surface area (Å²) in [5, 5.41) is 3.38. The first kappa shape index (κ1) is 9.07. The van der Waals surface area contributed by atoms with Crippen LogP contribution in [0.2, 0.25) is 0 Å². The Bertz CT molecular complexity index is 456. The fourth-order valence-corrected chi connectivity index (χ4v) is 3.75. The number of aromatic nitrogens is 1. The van der Waals surface area contributed by atoms with Gasteiger partial charge in [-0.25, -0.2) is 4.98 Å². The molecule has 0 amide bonds. The van der Waals surface area contributed by atoms with Crippen molar-refractivity contribution in [3.8, 4) is 9.88 Å². The summed E-state index contributed by atoms with van der Waals surface area (Å²) in [4.78, 5) is 5.94. The second kappa shape index (κ2) is 3.43. The monoisotopic (exact) mass is 285 g/mol. The van der Waals surface area contributed by atoms with Gasteiger partial charge in [-0.05, 0) is 40.9 Å². The van der Waals surface area contributed by atoms with Crippen LogP contribution in [0.5, 0.6) is 0 Å². The zero-order valence-electron chi connectivity index (χ0n) is 7.37. The van der Waals surface area contributed by atoms with E-state index in [-0.39, 0.29) is 0 Å². The molecule has 14 heavy (non-hydrogen) atoms. The van der Waals surface area contributed by atoms with Crippen LogP contribution >= 0.6 is 38.6 Å². The van der Waals surface area contributed by atoms with E-state index in [0.29, 0.717) is 0 Å². The van der Waals surface area contributed by atoms with Crippen LogP contribution in [0.3, 0.4) is 0 Å². The average Bonchev–Trinajstić information content (AvgIpc) is 2.76. The molecule has 1 saturated carbocycles. The van der Waals surface area contributed by atoms with Crippen LogP contribution in [-0.4, -0.2) is 4.98 Å². The molecule has 0 N–H and O–H groups in total. The molecule has 0 atom stereocenters. The van der Waals surface area contributed by atoms with Gasteiger partial charge in [0.1, 0.15) is 5.01 Å². The number of thiophene rings is 1. The van der Waals surface area contributed by atoms with Crippen molar-refractivity contribution in [1.29, 1.82) is 0 Å². The maximum absolute atomic E-state index is 4.66. The highest BCUT2D eigenvalue weighted by Crippen LogP contribution is 2.42. The number of thiazole rings is 1. The first-order valence-corrected chi connectivity index (χ1v) is 7.03. The van der Waals surface area contributed by atoms with Crippen molar-refractivity contribution in [3.05, 3.63) is 27.0 Å². The lowest BCUT2D eigenvalue weighted by Gasteiger charge is -1.88. The van der Waals surface area contributed by atoms with Gasteiger partial charge < -0.3 is 0 Å². The zero-order chi connectivity index (χ0) is 9.54. The molecular weight excluding hydrogens is 278 g/mol. The highest BCUT2D eigenvalue weighted by Gasteiger charge is 2.26. The van der Waals surface area contributed by atoms with Crippen LogP contribution < -0.4 is 0 Å². The van der Waals surface area contributed by atoms with Gasteiger partial charge in [0.15, 0.2) is 0 Å². The van der Waals surface area contributed by atoms with Gasteiger partial charge in [0.25, 0.3) is 0 Å². The Morgan fingerprint density at radius 1 is 1.36 bits per heavy atom. The predicted octanol–water partition coefficient (Wildman–Crippen LogP) is 4.51. The lowest BCUT2D eigenvalue weighted by Crippen LogP contribution is -1.77. The molecule has 0 saturated heterocycles. The summed E-state index contributed by atoms with van der Waals surface area (Å²) in [6, 6.07) is 4.21. The summed E-state index contributed by atoms with van der Waals surface area (Å²) in [6.45, 7) is 0. The number of hydrogen-bond acceptors (Lipinski definition) is 3. The molecule has 0 aromatic carbocycles. The maximum Gasteiger partial charge on any atom is 0.133 e. The van der Waals surface area contributed by atoms with E-state index in [4.69, 9.17) is 0 Å². The van der Waals surface area contributed by atoms with E-state index in [0.717, 1.165) is 5.92 Å². The third-order valence-electron chi connectivity index (χ3n) is 2.30. The van der Waals surface area contributed by atoms with E-state index in [9.17, 15) is 0 Å². The summed E-state index contributed by atoms with van der Waals surface area (Å²) < 4.78 is 1.18. The summed E-state index contributed by atoms with van der Waals surface area (Å²) >= 11 is 6.99. The molecule has 4 heteroatoms. The van der Waals surface area contributed by atoms with E-state index >= 15 is 0 Å². The molecule has 3 rings (SSSR count). The van der Waals surface area contributed by atoms with Crippen molar-refractivity contribution in [1.82, 2.24) is 4.98 Å². The number of nitrogens with zero attached hydrogens (tertiary/aromatic N) is 1. The largest absolute Gasteiger partial charge is 0.240 e. The SMILES string of the molecule is Brc1ccc(-c2nc(C3CC3)cs2)s1. The molecule has 0 aliphatic heterocycles. The lowest BCUT2D eigenvalue weighted by molar-refractivity contribution is 1.05. The second-order valence-corrected chi connectivity index (χ2v) is 6.78. The molecule has 1 aliphatic rings. The van der Waals surface area contributed by atoms with E-state index in [1.54, 1.807) is 22.7 Å². The van der Waals surface area contributed by atoms with Crippen LogP contribution in [0, 0.1) is 0 Å². The van der Waals surface area contributed by atoms with Gasteiger partial charge in [-0.2, -0.15) is 0 Å². The lowest BCUT2D eigenvalue weighted by atomic mass is 10.3. The predicted molar refractivity (Wildman–Crippen MR) is 65.1 cm³/mol. The second-order valence-electron chi connectivity index (χ2n) is 3.46. The zero-order valence-corrected chi connectivity index (χ0v) is 10.6. The van der Waals surface area contributed by atoms with Gasteiger partial charge in [0, 0.05) is 11.3 Å². The van der Waals surface area contributed by atoms with Gasteiger partial charge >= 0.3 is 0 Å². The molecule has 1 nitrogen and oxygen atoms in total. The first-order valence-electron chi connectivity index (χ1n) is 4.54. The Kier molecular flexibility index (Phi) is 2.22. The third kappa shape index (κ3) is 1.66. The van der Waals surface area contributed by atoms with Crippen LogP contribution in [0.25, 0.3) is 9.88 Å². The Morgan fingerprint density at radius 2 is 2.21 bits per heavy atom. The molecule has 0 radical (unpaired) electrons. The first-order chi connectivity index (χ1) is 6.83. The minimum atomic E-state index is 0.767. The Hall–Kier alpha value is -0.190. The van der Waals surface area contributed by atoms with Gasteiger partial charge in [0.05, 0.1) is 14.4 Å². The molecule has 72 valence electrons. The van der Waals surface area contributed by atoms with Crippen LogP contribution in [0.15, 0.2) is 21.3 Å². The molecule has 1 fully saturated rings. The topological polar surface area (TPSA) is 12.9 Å². The van der Waals surface area contributed by atoms with Crippen molar-refractivity contribution in [2.75, 3.05) is 0 Å². The van der Waals surface area contributed by atoms with Gasteiger partial charge in [0.2, 0.25) is 0 Å². The fraction of sp³-hybridized carbons (Fsp3) is 0.300. The van der Waals surface area contributed by atoms with E-state index in [1.807, 2.05) is 0 Å². The molecular formula is C10H8BrNS2. The van der Waals surface area contributed by atoms with Crippen LogP contribution in [-0.2, 0) is 0 Å². The Labute approximate surface area is 98.9 Å². The van der Waals surface area contributed by atoms with Gasteiger partial charge in [-0.3, -0.25) is 0 Å². The average molecular weight is 286 g/mol. The summed E-state index contributed by atoms with van der Waals surface area (Å²) in [5.41, 5.74) is 1.30. The fourth-order valence-electron chi connectivity index (χ4n) is 1.40. The molecule has 2 aromatic heterocycles. The van der Waals surface area contributed by atoms with Gasteiger partial charge in [-0.15, -0.1) is 22.7 Å². The van der Waals surface area contributed by atoms with Crippen molar-refractivity contribution < 1.29 is 0 Å². The Morgan fingerprint density at radius 3 is 2.86 bits per heavy atom. The summed E-state index contributed by atoms with van der Waals surface area (Å²) in [7, 11) is 0. The van der Waals surface area contributed by atoms with Gasteiger partial charge in [-0.1, -0.05) is 0 Å². The standard InChI is InChI=1S/C10H8BrNS2/c11-9-4-3-8(14-9)10-12-7(5-13-10)6-1-2-6/h3-6H,1-2H2. The minimum absolute atomic E-state index is 0.767. The van der Waals surface area contributed by atoms with Crippen LogP contribution in [0.4, 0.5) is 0 Å². The number of halogens is 1. The number of hydrogen-bond donors (Lipinski definition) is 0. The van der Waals surface area contributed by atoms with Crippen molar-refractivity contribution in [2.45, 2.75) is 18.8 Å². The van der Waals surface area contributed by atoms with Crippen molar-refractivity contribution >= 4 is 38.6 Å². The quantitative estimate of drug-likeness (QED) is 0.791. The normalized spacial score (nSPS) is 16.1. The summed E-state index contributed by atoms with van der Waals surface area (Å²) in [6.07, 6.45) is 2.66. The molecule has 2 aromatic rings. The van der Waals surface area contributed by atoms with Crippen molar-refractivity contribution in [2.24, 2.45) is 0 Å². The molecule has 2 heterocycles. The third-order valence-corrected chi connectivity index (χ3v) is 4.95. The molecule has 0 bridgehead atoms. The highest BCUT2D eigenvalue weighted by atomic mass is 79.9. The van der Waals surface area contributed by atoms with E-state index in [2.05, 4.69) is 38.4 Å². The molecule has 0 unspecified atom stereocenters. The highest BCUT2D eigenvalue weighted by molar-refractivity contribution is 9.11. The molecule has 1 aliphatic carbocycles. The van der Waals surface area contributed by atoms with E-state index in [1.165, 1.54) is 32.2 Å². The van der Waals surface area contributed by atoms with E-state index < -0.39 is 0 Å². The Balaban J connectivity index is 1.95. The molecule has 0 spiro atoms.